The van der Waals surface area contributed by atoms with Crippen LogP contribution in [-0.4, -0.2) is 9.55 Å². The predicted octanol–water partition coefficient (Wildman–Crippen LogP) is 10.5. The Balaban J connectivity index is 1.52. The molecule has 0 fully saturated rings. The van der Waals surface area contributed by atoms with Crippen molar-refractivity contribution in [3.05, 3.63) is 145 Å². The number of halogens is 1. The van der Waals surface area contributed by atoms with Crippen LogP contribution in [0.25, 0.3) is 70.5 Å². The third-order valence-electron chi connectivity index (χ3n) is 7.69. The molecule has 0 atom stereocenters. The number of rotatable bonds is 4. The van der Waals surface area contributed by atoms with E-state index in [9.17, 15) is 4.39 Å². The number of nitrogens with zero attached hydrogens (tertiary/aromatic N) is 2. The highest BCUT2D eigenvalue weighted by Crippen LogP contribution is 2.44. The molecule has 0 radical (unpaired) electrons. The second kappa shape index (κ2) is 9.54. The van der Waals surface area contributed by atoms with Gasteiger partial charge in [0.2, 0.25) is 0 Å². The van der Waals surface area contributed by atoms with E-state index in [4.69, 9.17) is 4.98 Å². The van der Waals surface area contributed by atoms with Crippen molar-refractivity contribution in [1.82, 2.24) is 9.55 Å². The molecule has 0 aliphatic carbocycles. The summed E-state index contributed by atoms with van der Waals surface area (Å²) in [4.78, 5) is 5.26. The van der Waals surface area contributed by atoms with Crippen LogP contribution in [0.4, 0.5) is 4.39 Å². The Morgan fingerprint density at radius 3 is 1.93 bits per heavy atom. The van der Waals surface area contributed by atoms with Crippen LogP contribution < -0.4 is 0 Å². The molecule has 2 aromatic heterocycles. The first-order valence-electron chi connectivity index (χ1n) is 13.6. The Morgan fingerprint density at radius 1 is 0.561 bits per heavy atom. The number of para-hydroxylation sites is 3. The minimum absolute atomic E-state index is 0.220. The van der Waals surface area contributed by atoms with Crippen molar-refractivity contribution in [3.63, 3.8) is 0 Å². The number of imidazole rings is 1. The fourth-order valence-electron chi connectivity index (χ4n) is 5.87. The Labute approximate surface area is 240 Å². The molecule has 41 heavy (non-hydrogen) atoms. The first-order valence-corrected chi connectivity index (χ1v) is 14.4. The molecule has 0 amide bonds. The predicted molar refractivity (Wildman–Crippen MR) is 170 cm³/mol. The Hall–Kier alpha value is -5.06. The van der Waals surface area contributed by atoms with Gasteiger partial charge in [-0.1, -0.05) is 109 Å². The van der Waals surface area contributed by atoms with Crippen molar-refractivity contribution >= 4 is 42.5 Å². The molecule has 0 N–H and O–H groups in total. The maximum atomic E-state index is 14.2. The van der Waals surface area contributed by atoms with Gasteiger partial charge in [-0.25, -0.2) is 9.37 Å². The van der Waals surface area contributed by atoms with Crippen LogP contribution >= 0.6 is 11.3 Å². The zero-order valence-electron chi connectivity index (χ0n) is 22.0. The number of benzene rings is 6. The van der Waals surface area contributed by atoms with Crippen molar-refractivity contribution in [1.29, 1.82) is 0 Å². The van der Waals surface area contributed by atoms with Gasteiger partial charge in [0, 0.05) is 36.9 Å². The quantitative estimate of drug-likeness (QED) is 0.215. The number of aromatic nitrogens is 2. The van der Waals surface area contributed by atoms with Gasteiger partial charge in [-0.15, -0.1) is 11.3 Å². The molecule has 8 rings (SSSR count). The van der Waals surface area contributed by atoms with E-state index in [0.717, 1.165) is 70.5 Å². The molecular formula is C37H23FN2S. The van der Waals surface area contributed by atoms with Gasteiger partial charge in [-0.05, 0) is 41.5 Å². The molecule has 0 aliphatic heterocycles. The highest BCUT2D eigenvalue weighted by atomic mass is 32.1. The lowest BCUT2D eigenvalue weighted by atomic mass is 9.95. The molecule has 0 aliphatic rings. The number of thiophene rings is 1. The molecule has 0 spiro atoms. The van der Waals surface area contributed by atoms with Gasteiger partial charge in [-0.2, -0.15) is 0 Å². The summed E-state index contributed by atoms with van der Waals surface area (Å²) in [5, 5.41) is 2.17. The van der Waals surface area contributed by atoms with Gasteiger partial charge < -0.3 is 0 Å². The highest BCUT2D eigenvalue weighted by Gasteiger charge is 2.23. The second-order valence-electron chi connectivity index (χ2n) is 10.1. The van der Waals surface area contributed by atoms with Crippen molar-refractivity contribution in [2.45, 2.75) is 0 Å². The van der Waals surface area contributed by atoms with Crippen LogP contribution in [0, 0.1) is 5.82 Å². The summed E-state index contributed by atoms with van der Waals surface area (Å²) in [7, 11) is 0. The van der Waals surface area contributed by atoms with Gasteiger partial charge in [0.1, 0.15) is 11.6 Å². The monoisotopic (exact) mass is 546 g/mol. The number of fused-ring (bicyclic) bond motifs is 4. The van der Waals surface area contributed by atoms with Crippen LogP contribution in [0.15, 0.2) is 140 Å². The molecule has 8 aromatic rings. The molecule has 0 unspecified atom stereocenters. The topological polar surface area (TPSA) is 17.8 Å². The molecular weight excluding hydrogens is 523 g/mol. The fraction of sp³-hybridized carbons (Fsp3) is 0. The van der Waals surface area contributed by atoms with Crippen LogP contribution in [-0.2, 0) is 0 Å². The normalized spacial score (nSPS) is 11.5. The summed E-state index contributed by atoms with van der Waals surface area (Å²) in [6.45, 7) is 0. The van der Waals surface area contributed by atoms with E-state index in [2.05, 4.69) is 108 Å². The molecule has 4 heteroatoms. The summed E-state index contributed by atoms with van der Waals surface area (Å²) in [5.74, 6) is 0.645. The third-order valence-corrected chi connectivity index (χ3v) is 8.89. The lowest BCUT2D eigenvalue weighted by Crippen LogP contribution is -2.03. The Bertz CT molecular complexity index is 2150. The first-order chi connectivity index (χ1) is 20.3. The van der Waals surface area contributed by atoms with Gasteiger partial charge in [0.15, 0.2) is 0 Å². The zero-order chi connectivity index (χ0) is 27.3. The zero-order valence-corrected chi connectivity index (χ0v) is 22.8. The van der Waals surface area contributed by atoms with Crippen LogP contribution in [0.2, 0.25) is 0 Å². The lowest BCUT2D eigenvalue weighted by Gasteiger charge is -2.20. The van der Waals surface area contributed by atoms with Gasteiger partial charge >= 0.3 is 0 Å². The van der Waals surface area contributed by atoms with Crippen molar-refractivity contribution in [3.8, 4) is 39.3 Å². The minimum Gasteiger partial charge on any atom is -0.291 e. The molecule has 194 valence electrons. The highest BCUT2D eigenvalue weighted by molar-refractivity contribution is 7.26. The minimum atomic E-state index is -0.220. The first kappa shape index (κ1) is 23.8. The lowest BCUT2D eigenvalue weighted by molar-refractivity contribution is 0.630. The SMILES string of the molecule is Fc1ccc2c(c1)sc1c(-c3nc4ccccc4n3-c3c(-c4ccccc4)cccc3-c3ccccc3)cccc12. The molecule has 0 saturated carbocycles. The van der Waals surface area contributed by atoms with Crippen molar-refractivity contribution in [2.24, 2.45) is 0 Å². The van der Waals surface area contributed by atoms with Crippen molar-refractivity contribution in [2.75, 3.05) is 0 Å². The van der Waals surface area contributed by atoms with Crippen LogP contribution in [0.1, 0.15) is 0 Å². The molecule has 6 aromatic carbocycles. The summed E-state index contributed by atoms with van der Waals surface area (Å²) in [6, 6.07) is 47.3. The standard InChI is InChI=1S/C37H23FN2S/c38-26-21-22-29-30-17-10-18-31(36(30)41-34(29)23-26)37-39-32-19-7-8-20-33(32)40(37)35-27(24-11-3-1-4-12-24)15-9-16-28(35)25-13-5-2-6-14-25/h1-23H. The van der Waals surface area contributed by atoms with E-state index in [1.807, 2.05) is 24.3 Å². The average molecular weight is 547 g/mol. The van der Waals surface area contributed by atoms with Crippen LogP contribution in [0.3, 0.4) is 0 Å². The van der Waals surface area contributed by atoms with E-state index in [1.165, 1.54) is 0 Å². The number of hydrogen-bond donors (Lipinski definition) is 0. The van der Waals surface area contributed by atoms with Crippen LogP contribution in [0.5, 0.6) is 0 Å². The summed E-state index contributed by atoms with van der Waals surface area (Å²) < 4.78 is 18.6. The summed E-state index contributed by atoms with van der Waals surface area (Å²) in [5.41, 5.74) is 8.60. The molecule has 2 nitrogen and oxygen atoms in total. The third kappa shape index (κ3) is 3.87. The Morgan fingerprint density at radius 2 is 1.20 bits per heavy atom. The smallest absolute Gasteiger partial charge is 0.147 e. The maximum Gasteiger partial charge on any atom is 0.147 e. The van der Waals surface area contributed by atoms with E-state index >= 15 is 0 Å². The molecule has 0 bridgehead atoms. The summed E-state index contributed by atoms with van der Waals surface area (Å²) >= 11 is 1.62. The largest absolute Gasteiger partial charge is 0.291 e. The average Bonchev–Trinajstić information content (AvgIpc) is 3.59. The van der Waals surface area contributed by atoms with E-state index in [0.29, 0.717) is 0 Å². The van der Waals surface area contributed by atoms with Crippen molar-refractivity contribution < 1.29 is 4.39 Å². The molecule has 2 heterocycles. The van der Waals surface area contributed by atoms with Gasteiger partial charge in [0.25, 0.3) is 0 Å². The van der Waals surface area contributed by atoms with E-state index in [-0.39, 0.29) is 5.82 Å². The summed E-state index contributed by atoms with van der Waals surface area (Å²) in [6.07, 6.45) is 0. The number of hydrogen-bond acceptors (Lipinski definition) is 2. The van der Waals surface area contributed by atoms with E-state index in [1.54, 1.807) is 23.5 Å². The van der Waals surface area contributed by atoms with Gasteiger partial charge in [0.05, 0.1) is 16.7 Å². The Kier molecular flexibility index (Phi) is 5.54. The van der Waals surface area contributed by atoms with Gasteiger partial charge in [-0.3, -0.25) is 4.57 Å². The fourth-order valence-corrected chi connectivity index (χ4v) is 7.10. The second-order valence-corrected chi connectivity index (χ2v) is 11.2. The van der Waals surface area contributed by atoms with E-state index < -0.39 is 0 Å². The molecule has 0 saturated heterocycles. The maximum absolute atomic E-state index is 14.2.